The highest BCUT2D eigenvalue weighted by molar-refractivity contribution is 6.01. The average molecular weight is 788 g/mol. The van der Waals surface area contributed by atoms with Crippen LogP contribution in [0, 0.1) is 0 Å². The second-order valence-corrected chi connectivity index (χ2v) is 16.4. The van der Waals surface area contributed by atoms with Crippen molar-refractivity contribution in [3.8, 4) is 33.4 Å². The van der Waals surface area contributed by atoms with Crippen molar-refractivity contribution in [1.29, 1.82) is 0 Å². The highest BCUT2D eigenvalue weighted by Crippen LogP contribution is 2.59. The summed E-state index contributed by atoms with van der Waals surface area (Å²) in [4.78, 5) is 2.47. The zero-order valence-corrected chi connectivity index (χ0v) is 34.1. The van der Waals surface area contributed by atoms with Gasteiger partial charge < -0.3 is 4.90 Å². The predicted octanol–water partition coefficient (Wildman–Crippen LogP) is 16.3. The van der Waals surface area contributed by atoms with Crippen molar-refractivity contribution in [3.05, 3.63) is 271 Å². The summed E-state index contributed by atoms with van der Waals surface area (Å²) in [6.07, 6.45) is 0. The second-order valence-electron chi connectivity index (χ2n) is 16.4. The van der Waals surface area contributed by atoms with Crippen molar-refractivity contribution >= 4 is 49.4 Å². The largest absolute Gasteiger partial charge is 0.310 e. The Morgan fingerprint density at radius 2 is 0.774 bits per heavy atom. The van der Waals surface area contributed by atoms with E-state index in [2.05, 4.69) is 254 Å². The Hall–Kier alpha value is -8.00. The van der Waals surface area contributed by atoms with E-state index in [-0.39, 0.29) is 0 Å². The van der Waals surface area contributed by atoms with Gasteiger partial charge in [0.25, 0.3) is 0 Å². The van der Waals surface area contributed by atoms with Gasteiger partial charge in [-0.1, -0.05) is 212 Å². The summed E-state index contributed by atoms with van der Waals surface area (Å²) in [6, 6.07) is 91.7. The van der Waals surface area contributed by atoms with Crippen molar-refractivity contribution < 1.29 is 0 Å². The molecule has 11 aromatic carbocycles. The number of nitrogens with zero attached hydrogens (tertiary/aromatic N) is 1. The van der Waals surface area contributed by atoms with Gasteiger partial charge in [0.05, 0.1) is 11.1 Å². The molecule has 0 heterocycles. The third-order valence-electron chi connectivity index (χ3n) is 13.1. The fraction of sp³-hybridized carbons (Fsp3) is 0.0164. The van der Waals surface area contributed by atoms with E-state index >= 15 is 0 Å². The van der Waals surface area contributed by atoms with Crippen LogP contribution in [0.25, 0.3) is 65.7 Å². The number of hydrogen-bond acceptors (Lipinski definition) is 1. The Morgan fingerprint density at radius 1 is 0.290 bits per heavy atom. The molecule has 1 nitrogen and oxygen atoms in total. The minimum absolute atomic E-state index is 0.546. The molecular weight excluding hydrogens is 747 g/mol. The molecule has 0 saturated heterocycles. The van der Waals surface area contributed by atoms with Gasteiger partial charge in [-0.15, -0.1) is 0 Å². The molecule has 1 aliphatic carbocycles. The molecule has 1 atom stereocenters. The van der Waals surface area contributed by atoms with Crippen LogP contribution in [0.4, 0.5) is 17.1 Å². The van der Waals surface area contributed by atoms with Crippen LogP contribution < -0.4 is 4.90 Å². The number of anilines is 3. The molecule has 0 fully saturated rings. The van der Waals surface area contributed by atoms with Crippen molar-refractivity contribution in [1.82, 2.24) is 0 Å². The quantitative estimate of drug-likeness (QED) is 0.155. The molecule has 0 saturated carbocycles. The summed E-state index contributed by atoms with van der Waals surface area (Å²) in [6.45, 7) is 0. The molecule has 11 aromatic rings. The van der Waals surface area contributed by atoms with E-state index in [1.807, 2.05) is 0 Å². The van der Waals surface area contributed by atoms with E-state index in [1.165, 1.54) is 88.0 Å². The van der Waals surface area contributed by atoms with E-state index in [9.17, 15) is 0 Å². The number of benzene rings is 11. The van der Waals surface area contributed by atoms with Crippen molar-refractivity contribution in [2.75, 3.05) is 4.90 Å². The van der Waals surface area contributed by atoms with Gasteiger partial charge in [-0.25, -0.2) is 0 Å². The first-order valence-electron chi connectivity index (χ1n) is 21.5. The summed E-state index contributed by atoms with van der Waals surface area (Å²) >= 11 is 0. The van der Waals surface area contributed by atoms with E-state index < -0.39 is 5.41 Å². The van der Waals surface area contributed by atoms with Gasteiger partial charge in [0, 0.05) is 16.9 Å². The lowest BCUT2D eigenvalue weighted by molar-refractivity contribution is 0.770. The van der Waals surface area contributed by atoms with Crippen molar-refractivity contribution in [2.24, 2.45) is 0 Å². The van der Waals surface area contributed by atoms with Crippen LogP contribution in [0.5, 0.6) is 0 Å². The second kappa shape index (κ2) is 14.6. The van der Waals surface area contributed by atoms with Crippen LogP contribution in [0.1, 0.15) is 22.3 Å². The average Bonchev–Trinajstić information content (AvgIpc) is 3.66. The van der Waals surface area contributed by atoms with Gasteiger partial charge in [0.1, 0.15) is 0 Å². The van der Waals surface area contributed by atoms with Gasteiger partial charge in [0.15, 0.2) is 0 Å². The first kappa shape index (κ1) is 35.9. The van der Waals surface area contributed by atoms with Gasteiger partial charge >= 0.3 is 0 Å². The molecule has 0 bridgehead atoms. The van der Waals surface area contributed by atoms with E-state index in [4.69, 9.17) is 0 Å². The third-order valence-corrected chi connectivity index (χ3v) is 13.1. The van der Waals surface area contributed by atoms with Crippen LogP contribution in [0.2, 0.25) is 0 Å². The number of fused-ring (bicyclic) bond motifs is 6. The normalized spacial score (nSPS) is 14.2. The Bertz CT molecular complexity index is 3320. The topological polar surface area (TPSA) is 3.24 Å². The minimum Gasteiger partial charge on any atom is -0.310 e. The Balaban J connectivity index is 1.09. The highest BCUT2D eigenvalue weighted by Gasteiger charge is 2.47. The fourth-order valence-electron chi connectivity index (χ4n) is 10.4. The predicted molar refractivity (Wildman–Crippen MR) is 262 cm³/mol. The smallest absolute Gasteiger partial charge is 0.0714 e. The first-order chi connectivity index (χ1) is 30.8. The third kappa shape index (κ3) is 5.63. The van der Waals surface area contributed by atoms with Crippen LogP contribution >= 0.6 is 0 Å². The molecule has 1 aliphatic rings. The summed E-state index contributed by atoms with van der Waals surface area (Å²) < 4.78 is 0. The van der Waals surface area contributed by atoms with E-state index in [1.54, 1.807) is 0 Å². The molecule has 62 heavy (non-hydrogen) atoms. The summed E-state index contributed by atoms with van der Waals surface area (Å²) in [5.74, 6) is 0. The molecule has 0 N–H and O–H groups in total. The fourth-order valence-corrected chi connectivity index (χ4v) is 10.4. The Morgan fingerprint density at radius 3 is 1.42 bits per heavy atom. The van der Waals surface area contributed by atoms with Gasteiger partial charge in [0.2, 0.25) is 0 Å². The van der Waals surface area contributed by atoms with E-state index in [0.717, 1.165) is 17.1 Å². The van der Waals surface area contributed by atoms with Crippen molar-refractivity contribution in [2.45, 2.75) is 5.41 Å². The zero-order chi connectivity index (χ0) is 41.0. The molecule has 0 aliphatic heterocycles. The Kier molecular flexibility index (Phi) is 8.47. The molecule has 0 radical (unpaired) electrons. The molecule has 12 rings (SSSR count). The number of rotatable bonds is 7. The van der Waals surface area contributed by atoms with Crippen LogP contribution in [-0.4, -0.2) is 0 Å². The highest BCUT2D eigenvalue weighted by atomic mass is 15.1. The standard InChI is InChI=1S/C61H41N/c1-2-21-48(22-3-1)61(49-36-31-42-15-4-5-18-47(42)41-49)57-28-11-10-25-56(57)60-58(61)29-14-30-59(60)62(50-37-32-45(33-38-50)54-26-12-19-43-16-6-8-23-52(43)54)51-39-34-46(35-40-51)55-27-13-20-44-17-7-9-24-53(44)55/h1-41H. The maximum absolute atomic E-state index is 2.47. The Labute approximate surface area is 362 Å². The monoisotopic (exact) mass is 787 g/mol. The molecule has 0 aromatic heterocycles. The van der Waals surface area contributed by atoms with Crippen LogP contribution in [-0.2, 0) is 5.41 Å². The summed E-state index contributed by atoms with van der Waals surface area (Å²) in [5.41, 5.74) is 15.2. The summed E-state index contributed by atoms with van der Waals surface area (Å²) in [5, 5.41) is 7.48. The zero-order valence-electron chi connectivity index (χ0n) is 34.1. The van der Waals surface area contributed by atoms with Crippen LogP contribution in [0.3, 0.4) is 0 Å². The van der Waals surface area contributed by atoms with Gasteiger partial charge in [-0.05, 0) is 119 Å². The molecule has 0 amide bonds. The lowest BCUT2D eigenvalue weighted by Gasteiger charge is -2.34. The van der Waals surface area contributed by atoms with Gasteiger partial charge in [-0.2, -0.15) is 0 Å². The molecule has 0 spiro atoms. The minimum atomic E-state index is -0.546. The molecule has 1 unspecified atom stereocenters. The molecular formula is C61H41N. The SMILES string of the molecule is c1ccc(C2(c3ccc4ccccc4c3)c3ccccc3-c3c(N(c4ccc(-c5cccc6ccccc56)cc4)c4ccc(-c5cccc6ccccc56)cc4)cccc32)cc1. The molecule has 290 valence electrons. The van der Waals surface area contributed by atoms with E-state index in [0.29, 0.717) is 0 Å². The summed E-state index contributed by atoms with van der Waals surface area (Å²) in [7, 11) is 0. The lowest BCUT2D eigenvalue weighted by atomic mass is 9.67. The van der Waals surface area contributed by atoms with Gasteiger partial charge in [-0.3, -0.25) is 0 Å². The van der Waals surface area contributed by atoms with Crippen LogP contribution in [0.15, 0.2) is 249 Å². The number of hydrogen-bond donors (Lipinski definition) is 0. The maximum Gasteiger partial charge on any atom is 0.0714 e. The lowest BCUT2D eigenvalue weighted by Crippen LogP contribution is -2.28. The maximum atomic E-state index is 2.47. The first-order valence-corrected chi connectivity index (χ1v) is 21.5. The van der Waals surface area contributed by atoms with Crippen molar-refractivity contribution in [3.63, 3.8) is 0 Å². The molecule has 1 heteroatoms.